The van der Waals surface area contributed by atoms with Crippen LogP contribution in [0.15, 0.2) is 72.3 Å². The minimum absolute atomic E-state index is 0.0292. The number of hydrogen-bond donors (Lipinski definition) is 1. The van der Waals surface area contributed by atoms with Gasteiger partial charge in [0.25, 0.3) is 11.7 Å². The van der Waals surface area contributed by atoms with Gasteiger partial charge in [-0.05, 0) is 59.9 Å². The molecule has 1 atom stereocenters. The van der Waals surface area contributed by atoms with Crippen LogP contribution < -0.4 is 14.4 Å². The number of aryl methyl sites for hydroxylation is 1. The van der Waals surface area contributed by atoms with Gasteiger partial charge in [0.1, 0.15) is 17.3 Å². The Bertz CT molecular complexity index is 1370. The number of carbonyl (C=O) groups is 2. The van der Waals surface area contributed by atoms with E-state index in [-0.39, 0.29) is 16.7 Å². The van der Waals surface area contributed by atoms with Crippen LogP contribution in [0.25, 0.3) is 5.76 Å². The molecule has 1 N–H and O–H groups in total. The van der Waals surface area contributed by atoms with E-state index < -0.39 is 17.7 Å². The second-order valence-corrected chi connectivity index (χ2v) is 9.90. The third-order valence-corrected chi connectivity index (χ3v) is 6.51. The molecule has 1 aliphatic heterocycles. The molecule has 0 saturated carbocycles. The molecule has 6 nitrogen and oxygen atoms in total. The Balaban J connectivity index is 1.99. The van der Waals surface area contributed by atoms with Crippen molar-refractivity contribution in [3.8, 4) is 11.5 Å². The van der Waals surface area contributed by atoms with Crippen LogP contribution >= 0.6 is 0 Å². The molecular formula is C30H31NO5. The molecule has 1 aliphatic rings. The lowest BCUT2D eigenvalue weighted by atomic mass is 9.84. The molecule has 1 amide bonds. The van der Waals surface area contributed by atoms with Crippen LogP contribution in [0.4, 0.5) is 5.69 Å². The molecule has 4 rings (SSSR count). The number of methoxy groups -OCH3 is 2. The predicted molar refractivity (Wildman–Crippen MR) is 141 cm³/mol. The summed E-state index contributed by atoms with van der Waals surface area (Å²) in [6.45, 7) is 8.02. The van der Waals surface area contributed by atoms with E-state index in [0.717, 1.165) is 11.1 Å². The first-order valence-corrected chi connectivity index (χ1v) is 11.8. The van der Waals surface area contributed by atoms with E-state index in [1.807, 2.05) is 58.0 Å². The number of nitrogens with zero attached hydrogens (tertiary/aromatic N) is 1. The average Bonchev–Trinajstić information content (AvgIpc) is 3.13. The summed E-state index contributed by atoms with van der Waals surface area (Å²) in [6, 6.07) is 19.1. The highest BCUT2D eigenvalue weighted by atomic mass is 16.5. The molecule has 0 radical (unpaired) electrons. The van der Waals surface area contributed by atoms with E-state index in [0.29, 0.717) is 28.3 Å². The van der Waals surface area contributed by atoms with E-state index in [4.69, 9.17) is 9.47 Å². The first-order valence-electron chi connectivity index (χ1n) is 11.8. The summed E-state index contributed by atoms with van der Waals surface area (Å²) in [5.41, 5.74) is 3.17. The number of ether oxygens (including phenoxy) is 2. The lowest BCUT2D eigenvalue weighted by molar-refractivity contribution is -0.132. The molecule has 3 aromatic rings. The highest BCUT2D eigenvalue weighted by molar-refractivity contribution is 6.51. The Morgan fingerprint density at radius 1 is 0.917 bits per heavy atom. The monoisotopic (exact) mass is 485 g/mol. The maximum atomic E-state index is 13.5. The molecule has 186 valence electrons. The summed E-state index contributed by atoms with van der Waals surface area (Å²) < 4.78 is 10.9. The van der Waals surface area contributed by atoms with E-state index >= 15 is 0 Å². The Morgan fingerprint density at radius 2 is 1.64 bits per heavy atom. The molecule has 0 aliphatic carbocycles. The summed E-state index contributed by atoms with van der Waals surface area (Å²) in [7, 11) is 3.16. The topological polar surface area (TPSA) is 76.1 Å². The van der Waals surface area contributed by atoms with Gasteiger partial charge in [0.05, 0.1) is 25.8 Å². The summed E-state index contributed by atoms with van der Waals surface area (Å²) in [6.07, 6.45) is 0. The summed E-state index contributed by atoms with van der Waals surface area (Å²) in [4.78, 5) is 28.4. The zero-order valence-electron chi connectivity index (χ0n) is 21.5. The molecule has 6 heteroatoms. The fourth-order valence-electron chi connectivity index (χ4n) is 4.64. The number of carbonyl (C=O) groups excluding carboxylic acids is 2. The molecule has 1 saturated heterocycles. The first kappa shape index (κ1) is 25.0. The van der Waals surface area contributed by atoms with Crippen molar-refractivity contribution in [1.29, 1.82) is 0 Å². The molecule has 0 aromatic heterocycles. The van der Waals surface area contributed by atoms with Crippen LogP contribution in [0.5, 0.6) is 11.5 Å². The molecule has 0 spiro atoms. The number of benzene rings is 3. The van der Waals surface area contributed by atoms with Gasteiger partial charge in [0, 0.05) is 16.8 Å². The number of ketones is 1. The van der Waals surface area contributed by atoms with Crippen LogP contribution in [0, 0.1) is 6.92 Å². The zero-order valence-corrected chi connectivity index (χ0v) is 21.5. The normalized spacial score (nSPS) is 17.4. The molecule has 1 heterocycles. The number of aliphatic hydroxyl groups is 1. The molecule has 0 bridgehead atoms. The summed E-state index contributed by atoms with van der Waals surface area (Å²) in [5, 5.41) is 11.6. The lowest BCUT2D eigenvalue weighted by Gasteiger charge is -2.27. The van der Waals surface area contributed by atoms with Crippen LogP contribution in [0.1, 0.15) is 49.1 Å². The van der Waals surface area contributed by atoms with Crippen LogP contribution in [0.3, 0.4) is 0 Å². The third-order valence-electron chi connectivity index (χ3n) is 6.51. The first-order chi connectivity index (χ1) is 17.1. The van der Waals surface area contributed by atoms with Crippen LogP contribution in [-0.2, 0) is 15.0 Å². The van der Waals surface area contributed by atoms with Crippen molar-refractivity contribution in [3.63, 3.8) is 0 Å². The van der Waals surface area contributed by atoms with Crippen molar-refractivity contribution in [3.05, 3.63) is 94.6 Å². The van der Waals surface area contributed by atoms with Crippen molar-refractivity contribution in [2.24, 2.45) is 0 Å². The van der Waals surface area contributed by atoms with Gasteiger partial charge in [0.2, 0.25) is 0 Å². The smallest absolute Gasteiger partial charge is 0.300 e. The maximum Gasteiger partial charge on any atom is 0.300 e. The minimum Gasteiger partial charge on any atom is -0.507 e. The van der Waals surface area contributed by atoms with E-state index in [2.05, 4.69) is 0 Å². The predicted octanol–water partition coefficient (Wildman–Crippen LogP) is 5.94. The average molecular weight is 486 g/mol. The van der Waals surface area contributed by atoms with Crippen molar-refractivity contribution in [2.75, 3.05) is 19.1 Å². The summed E-state index contributed by atoms with van der Waals surface area (Å²) in [5.74, 6) is -0.392. The highest BCUT2D eigenvalue weighted by Gasteiger charge is 2.47. The Labute approximate surface area is 211 Å². The fraction of sp³-hybridized carbons (Fsp3) is 0.267. The van der Waals surface area contributed by atoms with Gasteiger partial charge < -0.3 is 14.6 Å². The van der Waals surface area contributed by atoms with Crippen molar-refractivity contribution < 1.29 is 24.2 Å². The Kier molecular flexibility index (Phi) is 6.63. The molecular weight excluding hydrogens is 454 g/mol. The van der Waals surface area contributed by atoms with Crippen molar-refractivity contribution >= 4 is 23.1 Å². The molecule has 1 fully saturated rings. The van der Waals surface area contributed by atoms with Gasteiger partial charge in [0.15, 0.2) is 0 Å². The second kappa shape index (κ2) is 9.53. The quantitative estimate of drug-likeness (QED) is 0.275. The largest absolute Gasteiger partial charge is 0.507 e. The maximum absolute atomic E-state index is 13.5. The van der Waals surface area contributed by atoms with Gasteiger partial charge in [-0.15, -0.1) is 0 Å². The third kappa shape index (κ3) is 4.35. The van der Waals surface area contributed by atoms with Gasteiger partial charge in [-0.25, -0.2) is 0 Å². The molecule has 3 aromatic carbocycles. The minimum atomic E-state index is -0.832. The molecule has 1 unspecified atom stereocenters. The van der Waals surface area contributed by atoms with Crippen molar-refractivity contribution in [2.45, 2.75) is 39.2 Å². The standard InChI is InChI=1S/C30H31NO5/c1-18-10-7-8-13-23(18)31-26(19-11-9-12-21(16-19)35-5)25(28(33)29(31)34)27(32)20-14-15-24(36-6)22(17-20)30(2,3)4/h7-17,26,32H,1-6H3/b27-25-. The number of hydrogen-bond acceptors (Lipinski definition) is 5. The number of Topliss-reactive ketones (excluding diaryl/α,β-unsaturated/α-hetero) is 1. The van der Waals surface area contributed by atoms with Gasteiger partial charge in [-0.2, -0.15) is 0 Å². The SMILES string of the molecule is COc1cccc(C2/C(=C(/O)c3ccc(OC)c(C(C)(C)C)c3)C(=O)C(=O)N2c2ccccc2C)c1. The second-order valence-electron chi connectivity index (χ2n) is 9.90. The van der Waals surface area contributed by atoms with Crippen LogP contribution in [0.2, 0.25) is 0 Å². The van der Waals surface area contributed by atoms with Gasteiger partial charge >= 0.3 is 0 Å². The number of rotatable bonds is 5. The number of para-hydroxylation sites is 1. The van der Waals surface area contributed by atoms with Gasteiger partial charge in [-0.3, -0.25) is 14.5 Å². The fourth-order valence-corrected chi connectivity index (χ4v) is 4.64. The summed E-state index contributed by atoms with van der Waals surface area (Å²) >= 11 is 0. The number of aliphatic hydroxyl groups excluding tert-OH is 1. The van der Waals surface area contributed by atoms with Gasteiger partial charge in [-0.1, -0.05) is 51.1 Å². The number of anilines is 1. The highest BCUT2D eigenvalue weighted by Crippen LogP contribution is 2.44. The Morgan fingerprint density at radius 3 is 2.28 bits per heavy atom. The van der Waals surface area contributed by atoms with E-state index in [1.54, 1.807) is 50.6 Å². The number of amides is 1. The lowest BCUT2D eigenvalue weighted by Crippen LogP contribution is -2.30. The van der Waals surface area contributed by atoms with E-state index in [9.17, 15) is 14.7 Å². The van der Waals surface area contributed by atoms with Crippen molar-refractivity contribution in [1.82, 2.24) is 0 Å². The Hall–Kier alpha value is -4.06. The zero-order chi connectivity index (χ0) is 26.2. The molecule has 36 heavy (non-hydrogen) atoms. The van der Waals surface area contributed by atoms with Crippen LogP contribution in [-0.4, -0.2) is 31.0 Å². The van der Waals surface area contributed by atoms with E-state index in [1.165, 1.54) is 4.90 Å².